The summed E-state index contributed by atoms with van der Waals surface area (Å²) in [6, 6.07) is 3.02. The Hall–Kier alpha value is -3.24. The molecule has 2 aliphatic rings. The van der Waals surface area contributed by atoms with Crippen LogP contribution in [0.3, 0.4) is 0 Å². The van der Waals surface area contributed by atoms with Crippen LogP contribution in [-0.4, -0.2) is 90.7 Å². The highest BCUT2D eigenvalue weighted by molar-refractivity contribution is 7.88. The van der Waals surface area contributed by atoms with Crippen molar-refractivity contribution in [3.05, 3.63) is 35.9 Å². The van der Waals surface area contributed by atoms with Crippen molar-refractivity contribution < 1.29 is 40.6 Å². The number of carbonyl (C=O) groups excluding carboxylic acids is 4. The third-order valence-corrected chi connectivity index (χ3v) is 6.79. The van der Waals surface area contributed by atoms with Gasteiger partial charge in [-0.2, -0.15) is 8.42 Å². The van der Waals surface area contributed by atoms with E-state index in [4.69, 9.17) is 4.55 Å². The lowest BCUT2D eigenvalue weighted by atomic mass is 10.0. The Morgan fingerprint density at radius 1 is 1.06 bits per heavy atom. The van der Waals surface area contributed by atoms with Gasteiger partial charge in [0.1, 0.15) is 12.1 Å². The summed E-state index contributed by atoms with van der Waals surface area (Å²) in [7, 11) is -8.62. The number of rotatable bonds is 6. The van der Waals surface area contributed by atoms with Gasteiger partial charge >= 0.3 is 22.4 Å². The quantitative estimate of drug-likeness (QED) is 0.308. The molecule has 2 heterocycles. The van der Waals surface area contributed by atoms with Crippen LogP contribution in [0.15, 0.2) is 30.3 Å². The summed E-state index contributed by atoms with van der Waals surface area (Å²) in [5, 5.41) is 4.60. The van der Waals surface area contributed by atoms with Gasteiger partial charge in [-0.1, -0.05) is 30.3 Å². The van der Waals surface area contributed by atoms with Crippen LogP contribution in [0.25, 0.3) is 0 Å². The SMILES string of the molecule is CS(=O)(=O)N1CCN(C(=O)NC(C(=O)NC2CN(S(=O)(=O)O)C2=O)c2ccccc2)C1=O. The van der Waals surface area contributed by atoms with Gasteiger partial charge in [0.05, 0.1) is 25.9 Å². The maximum atomic E-state index is 12.8. The van der Waals surface area contributed by atoms with E-state index in [0.717, 1.165) is 6.26 Å². The summed E-state index contributed by atoms with van der Waals surface area (Å²) in [5.74, 6) is -1.94. The topological polar surface area (TPSA) is 191 Å². The number of hydrogen-bond donors (Lipinski definition) is 3. The molecule has 0 bridgehead atoms. The summed E-state index contributed by atoms with van der Waals surface area (Å²) in [4.78, 5) is 50.2. The first kappa shape index (κ1) is 23.4. The molecule has 2 saturated heterocycles. The first-order chi connectivity index (χ1) is 14.8. The van der Waals surface area contributed by atoms with E-state index >= 15 is 0 Å². The molecule has 2 fully saturated rings. The molecule has 0 saturated carbocycles. The number of amides is 6. The van der Waals surface area contributed by atoms with E-state index in [9.17, 15) is 36.0 Å². The van der Waals surface area contributed by atoms with Crippen LogP contribution in [0.4, 0.5) is 9.59 Å². The molecule has 2 unspecified atom stereocenters. The highest BCUT2D eigenvalue weighted by Gasteiger charge is 2.45. The number of imide groups is 1. The average Bonchev–Trinajstić information content (AvgIpc) is 3.10. The molecule has 2 atom stereocenters. The summed E-state index contributed by atoms with van der Waals surface area (Å²) in [6.45, 7) is -0.965. The fourth-order valence-electron chi connectivity index (χ4n) is 3.13. The largest absolute Gasteiger partial charge is 0.362 e. The molecule has 174 valence electrons. The Labute approximate surface area is 183 Å². The third-order valence-electron chi connectivity index (χ3n) is 4.77. The standard InChI is InChI=1S/C16H19N5O9S2/c1-31(26,27)20-8-7-19(16(20)25)15(24)18-12(10-5-3-2-4-6-10)13(22)17-11-9-21(14(11)23)32(28,29)30/h2-6,11-12H,7-9H2,1H3,(H,17,22)(H,18,24)(H,28,29,30). The first-order valence-electron chi connectivity index (χ1n) is 9.04. The van der Waals surface area contributed by atoms with Gasteiger partial charge in [-0.25, -0.2) is 31.5 Å². The Kier molecular flexibility index (Phi) is 6.12. The van der Waals surface area contributed by atoms with Crippen molar-refractivity contribution in [2.24, 2.45) is 0 Å². The maximum Gasteiger partial charge on any atom is 0.362 e. The van der Waals surface area contributed by atoms with E-state index in [1.807, 2.05) is 0 Å². The second kappa shape index (κ2) is 8.36. The van der Waals surface area contributed by atoms with Crippen molar-refractivity contribution in [1.82, 2.24) is 24.1 Å². The summed E-state index contributed by atoms with van der Waals surface area (Å²) >= 11 is 0. The maximum absolute atomic E-state index is 12.8. The average molecular weight is 489 g/mol. The number of nitrogens with zero attached hydrogens (tertiary/aromatic N) is 3. The lowest BCUT2D eigenvalue weighted by molar-refractivity contribution is -0.141. The van der Waals surface area contributed by atoms with E-state index in [1.54, 1.807) is 18.2 Å². The molecule has 2 aliphatic heterocycles. The number of nitrogens with one attached hydrogen (secondary N) is 2. The number of sulfonamides is 1. The smallest absolute Gasteiger partial charge is 0.341 e. The van der Waals surface area contributed by atoms with Crippen LogP contribution in [0.5, 0.6) is 0 Å². The minimum absolute atomic E-state index is 0.163. The van der Waals surface area contributed by atoms with Gasteiger partial charge in [-0.15, -0.1) is 0 Å². The second-order valence-electron chi connectivity index (χ2n) is 6.97. The van der Waals surface area contributed by atoms with Gasteiger partial charge in [0.2, 0.25) is 15.9 Å². The molecule has 0 spiro atoms. The minimum Gasteiger partial charge on any atom is -0.341 e. The summed E-state index contributed by atoms with van der Waals surface area (Å²) in [5.41, 5.74) is 0.281. The zero-order valence-corrected chi connectivity index (χ0v) is 18.2. The van der Waals surface area contributed by atoms with E-state index in [1.165, 1.54) is 12.1 Å². The van der Waals surface area contributed by atoms with E-state index in [2.05, 4.69) is 10.6 Å². The number of benzene rings is 1. The van der Waals surface area contributed by atoms with E-state index < -0.39 is 62.8 Å². The van der Waals surface area contributed by atoms with Crippen LogP contribution in [0.2, 0.25) is 0 Å². The fourth-order valence-corrected chi connectivity index (χ4v) is 4.61. The highest BCUT2D eigenvalue weighted by atomic mass is 32.2. The fraction of sp³-hybridized carbons (Fsp3) is 0.375. The van der Waals surface area contributed by atoms with Crippen molar-refractivity contribution in [3.8, 4) is 0 Å². The van der Waals surface area contributed by atoms with Crippen LogP contribution >= 0.6 is 0 Å². The molecule has 1 aromatic rings. The molecular formula is C16H19N5O9S2. The lowest BCUT2D eigenvalue weighted by Crippen LogP contribution is -2.66. The molecular weight excluding hydrogens is 470 g/mol. The normalized spacial score (nSPS) is 20.1. The summed E-state index contributed by atoms with van der Waals surface area (Å²) in [6.07, 6.45) is 0.817. The molecule has 0 radical (unpaired) electrons. The zero-order chi connectivity index (χ0) is 23.8. The predicted molar refractivity (Wildman–Crippen MR) is 107 cm³/mol. The van der Waals surface area contributed by atoms with Gasteiger partial charge in [0.15, 0.2) is 0 Å². The summed E-state index contributed by atoms with van der Waals surface area (Å²) < 4.78 is 54.9. The Morgan fingerprint density at radius 2 is 1.69 bits per heavy atom. The van der Waals surface area contributed by atoms with Crippen molar-refractivity contribution in [2.45, 2.75) is 12.1 Å². The predicted octanol–water partition coefficient (Wildman–Crippen LogP) is -1.74. The monoisotopic (exact) mass is 489 g/mol. The molecule has 3 N–H and O–H groups in total. The Morgan fingerprint density at radius 3 is 2.19 bits per heavy atom. The van der Waals surface area contributed by atoms with E-state index in [-0.39, 0.29) is 23.0 Å². The van der Waals surface area contributed by atoms with Gasteiger partial charge in [-0.3, -0.25) is 14.1 Å². The second-order valence-corrected chi connectivity index (χ2v) is 10.2. The molecule has 3 rings (SSSR count). The lowest BCUT2D eigenvalue weighted by Gasteiger charge is -2.36. The molecule has 16 heteroatoms. The van der Waals surface area contributed by atoms with Crippen LogP contribution in [0.1, 0.15) is 11.6 Å². The number of carbonyl (C=O) groups is 4. The minimum atomic E-state index is -4.75. The molecule has 14 nitrogen and oxygen atoms in total. The van der Waals surface area contributed by atoms with Crippen LogP contribution < -0.4 is 10.6 Å². The number of hydrogen-bond acceptors (Lipinski definition) is 8. The van der Waals surface area contributed by atoms with Crippen LogP contribution in [-0.2, 0) is 29.9 Å². The molecule has 1 aromatic carbocycles. The first-order valence-corrected chi connectivity index (χ1v) is 12.3. The Bertz CT molecular complexity index is 1170. The third kappa shape index (κ3) is 4.66. The number of β-lactam (4-membered cyclic amide) rings is 1. The zero-order valence-electron chi connectivity index (χ0n) is 16.5. The van der Waals surface area contributed by atoms with Crippen molar-refractivity contribution in [3.63, 3.8) is 0 Å². The molecule has 6 amide bonds. The van der Waals surface area contributed by atoms with Crippen LogP contribution in [0, 0.1) is 0 Å². The van der Waals surface area contributed by atoms with Gasteiger partial charge < -0.3 is 10.6 Å². The molecule has 32 heavy (non-hydrogen) atoms. The highest BCUT2D eigenvalue weighted by Crippen LogP contribution is 2.19. The Balaban J connectivity index is 1.75. The van der Waals surface area contributed by atoms with Crippen molar-refractivity contribution >= 4 is 44.2 Å². The number of urea groups is 2. The van der Waals surface area contributed by atoms with E-state index in [0.29, 0.717) is 9.21 Å². The van der Waals surface area contributed by atoms with Crippen molar-refractivity contribution in [2.75, 3.05) is 25.9 Å². The molecule has 0 aliphatic carbocycles. The van der Waals surface area contributed by atoms with Gasteiger partial charge in [-0.05, 0) is 5.56 Å². The van der Waals surface area contributed by atoms with Gasteiger partial charge in [0, 0.05) is 0 Å². The molecule has 0 aromatic heterocycles. The van der Waals surface area contributed by atoms with Crippen molar-refractivity contribution in [1.29, 1.82) is 0 Å². The van der Waals surface area contributed by atoms with Gasteiger partial charge in [0.25, 0.3) is 5.91 Å².